The van der Waals surface area contributed by atoms with Crippen molar-refractivity contribution < 1.29 is 9.90 Å². The van der Waals surface area contributed by atoms with Gasteiger partial charge in [-0.3, -0.25) is 4.79 Å². The molecular formula is C12H20N4O2. The van der Waals surface area contributed by atoms with E-state index in [2.05, 4.69) is 15.7 Å². The third kappa shape index (κ3) is 3.08. The molecule has 2 rings (SSSR count). The van der Waals surface area contributed by atoms with Crippen LogP contribution in [0.1, 0.15) is 18.5 Å². The lowest BCUT2D eigenvalue weighted by molar-refractivity contribution is -0.120. The second-order valence-corrected chi connectivity index (χ2v) is 4.65. The van der Waals surface area contributed by atoms with Crippen LogP contribution in [0.15, 0.2) is 6.07 Å². The minimum absolute atomic E-state index is 0.00890. The molecule has 6 heteroatoms. The van der Waals surface area contributed by atoms with E-state index in [-0.39, 0.29) is 18.4 Å². The third-order valence-corrected chi connectivity index (χ3v) is 3.13. The van der Waals surface area contributed by atoms with Gasteiger partial charge >= 0.3 is 0 Å². The fourth-order valence-electron chi connectivity index (χ4n) is 2.22. The SMILES string of the molecule is Cc1cc(NC(=O)C2CCCNC2)n(CCO)n1. The summed E-state index contributed by atoms with van der Waals surface area (Å²) >= 11 is 0. The van der Waals surface area contributed by atoms with Gasteiger partial charge in [0.05, 0.1) is 24.8 Å². The van der Waals surface area contributed by atoms with Crippen LogP contribution < -0.4 is 10.6 Å². The average molecular weight is 252 g/mol. The zero-order chi connectivity index (χ0) is 13.0. The van der Waals surface area contributed by atoms with E-state index in [9.17, 15) is 4.79 Å². The Bertz CT molecular complexity index is 410. The summed E-state index contributed by atoms with van der Waals surface area (Å²) in [5.74, 6) is 0.718. The van der Waals surface area contributed by atoms with Gasteiger partial charge in [-0.2, -0.15) is 5.10 Å². The maximum absolute atomic E-state index is 12.1. The predicted octanol–water partition coefficient (Wildman–Crippen LogP) is 0.122. The Hall–Kier alpha value is -1.40. The molecule has 0 aliphatic carbocycles. The average Bonchev–Trinajstić information content (AvgIpc) is 2.71. The highest BCUT2D eigenvalue weighted by atomic mass is 16.3. The first-order valence-electron chi connectivity index (χ1n) is 6.37. The van der Waals surface area contributed by atoms with Crippen molar-refractivity contribution in [3.05, 3.63) is 11.8 Å². The lowest BCUT2D eigenvalue weighted by Gasteiger charge is -2.21. The van der Waals surface area contributed by atoms with Gasteiger partial charge in [0.25, 0.3) is 0 Å². The van der Waals surface area contributed by atoms with Gasteiger partial charge in [0.1, 0.15) is 5.82 Å². The van der Waals surface area contributed by atoms with Crippen LogP contribution in [0.5, 0.6) is 0 Å². The van der Waals surface area contributed by atoms with Crippen molar-refractivity contribution in [2.24, 2.45) is 5.92 Å². The molecule has 1 aromatic rings. The number of carbonyl (C=O) groups is 1. The Morgan fingerprint density at radius 2 is 2.56 bits per heavy atom. The van der Waals surface area contributed by atoms with Crippen molar-refractivity contribution in [1.29, 1.82) is 0 Å². The first kappa shape index (κ1) is 13.0. The molecule has 3 N–H and O–H groups in total. The quantitative estimate of drug-likeness (QED) is 0.711. The molecule has 1 aromatic heterocycles. The molecule has 0 spiro atoms. The number of anilines is 1. The lowest BCUT2D eigenvalue weighted by atomic mass is 9.99. The summed E-state index contributed by atoms with van der Waals surface area (Å²) in [5, 5.41) is 19.3. The zero-order valence-corrected chi connectivity index (χ0v) is 10.6. The standard InChI is InChI=1S/C12H20N4O2/c1-9-7-11(16(15-9)5-6-17)14-12(18)10-3-2-4-13-8-10/h7,10,13,17H,2-6,8H2,1H3,(H,14,18). The Labute approximate surface area is 106 Å². The number of nitrogens with one attached hydrogen (secondary N) is 2. The second kappa shape index (κ2) is 5.97. The van der Waals surface area contributed by atoms with Gasteiger partial charge in [0.15, 0.2) is 0 Å². The molecular weight excluding hydrogens is 232 g/mol. The van der Waals surface area contributed by atoms with Crippen LogP contribution in [0.4, 0.5) is 5.82 Å². The number of aliphatic hydroxyl groups is 1. The van der Waals surface area contributed by atoms with Crippen LogP contribution in [0.3, 0.4) is 0 Å². The molecule has 2 heterocycles. The molecule has 100 valence electrons. The van der Waals surface area contributed by atoms with E-state index in [0.29, 0.717) is 12.4 Å². The molecule has 18 heavy (non-hydrogen) atoms. The number of rotatable bonds is 4. The molecule has 0 radical (unpaired) electrons. The third-order valence-electron chi connectivity index (χ3n) is 3.13. The highest BCUT2D eigenvalue weighted by molar-refractivity contribution is 5.92. The number of aliphatic hydroxyl groups excluding tert-OH is 1. The number of aryl methyl sites for hydroxylation is 1. The van der Waals surface area contributed by atoms with Gasteiger partial charge < -0.3 is 15.7 Å². The van der Waals surface area contributed by atoms with E-state index in [1.54, 1.807) is 4.68 Å². The Kier molecular flexibility index (Phi) is 4.33. The topological polar surface area (TPSA) is 79.2 Å². The molecule has 0 bridgehead atoms. The van der Waals surface area contributed by atoms with Gasteiger partial charge in [-0.25, -0.2) is 4.68 Å². The van der Waals surface area contributed by atoms with Crippen molar-refractivity contribution >= 4 is 11.7 Å². The first-order valence-corrected chi connectivity index (χ1v) is 6.37. The largest absolute Gasteiger partial charge is 0.394 e. The predicted molar refractivity (Wildman–Crippen MR) is 68.3 cm³/mol. The van der Waals surface area contributed by atoms with Crippen LogP contribution >= 0.6 is 0 Å². The lowest BCUT2D eigenvalue weighted by Crippen LogP contribution is -2.37. The van der Waals surface area contributed by atoms with Gasteiger partial charge in [-0.05, 0) is 26.3 Å². The fourth-order valence-corrected chi connectivity index (χ4v) is 2.22. The zero-order valence-electron chi connectivity index (χ0n) is 10.6. The molecule has 1 atom stereocenters. The maximum Gasteiger partial charge on any atom is 0.229 e. The number of nitrogens with zero attached hydrogens (tertiary/aromatic N) is 2. The molecule has 0 aromatic carbocycles. The maximum atomic E-state index is 12.1. The summed E-state index contributed by atoms with van der Waals surface area (Å²) < 4.78 is 1.63. The molecule has 0 saturated carbocycles. The Morgan fingerprint density at radius 1 is 1.72 bits per heavy atom. The van der Waals surface area contributed by atoms with E-state index in [1.807, 2.05) is 13.0 Å². The van der Waals surface area contributed by atoms with E-state index in [1.165, 1.54) is 0 Å². The minimum Gasteiger partial charge on any atom is -0.394 e. The molecule has 1 fully saturated rings. The molecule has 1 aliphatic rings. The Balaban J connectivity index is 2.01. The first-order chi connectivity index (χ1) is 8.70. The van der Waals surface area contributed by atoms with Crippen molar-refractivity contribution in [2.75, 3.05) is 25.0 Å². The molecule has 1 aliphatic heterocycles. The van der Waals surface area contributed by atoms with Crippen molar-refractivity contribution in [3.63, 3.8) is 0 Å². The summed E-state index contributed by atoms with van der Waals surface area (Å²) in [6.45, 7) is 4.00. The number of hydrogen-bond donors (Lipinski definition) is 3. The summed E-state index contributed by atoms with van der Waals surface area (Å²) in [6, 6.07) is 1.82. The van der Waals surface area contributed by atoms with E-state index in [0.717, 1.165) is 31.6 Å². The summed E-state index contributed by atoms with van der Waals surface area (Å²) in [5.41, 5.74) is 0.834. The fraction of sp³-hybridized carbons (Fsp3) is 0.667. The number of amides is 1. The van der Waals surface area contributed by atoms with Crippen molar-refractivity contribution in [1.82, 2.24) is 15.1 Å². The summed E-state index contributed by atoms with van der Waals surface area (Å²) in [4.78, 5) is 12.1. The van der Waals surface area contributed by atoms with E-state index in [4.69, 9.17) is 5.11 Å². The molecule has 1 saturated heterocycles. The number of aromatic nitrogens is 2. The van der Waals surface area contributed by atoms with E-state index >= 15 is 0 Å². The van der Waals surface area contributed by atoms with Crippen LogP contribution in [-0.2, 0) is 11.3 Å². The number of carbonyl (C=O) groups excluding carboxylic acids is 1. The summed E-state index contributed by atoms with van der Waals surface area (Å²) in [7, 11) is 0. The van der Waals surface area contributed by atoms with Crippen LogP contribution in [0.25, 0.3) is 0 Å². The van der Waals surface area contributed by atoms with Crippen LogP contribution in [-0.4, -0.2) is 40.5 Å². The highest BCUT2D eigenvalue weighted by Gasteiger charge is 2.21. The van der Waals surface area contributed by atoms with Gasteiger partial charge in [-0.15, -0.1) is 0 Å². The van der Waals surface area contributed by atoms with Gasteiger partial charge in [0.2, 0.25) is 5.91 Å². The number of piperidine rings is 1. The van der Waals surface area contributed by atoms with Gasteiger partial charge in [-0.1, -0.05) is 0 Å². The molecule has 1 unspecified atom stereocenters. The van der Waals surface area contributed by atoms with Gasteiger partial charge in [0, 0.05) is 12.6 Å². The minimum atomic E-state index is 0.00890. The van der Waals surface area contributed by atoms with E-state index < -0.39 is 0 Å². The monoisotopic (exact) mass is 252 g/mol. The van der Waals surface area contributed by atoms with Crippen LogP contribution in [0, 0.1) is 12.8 Å². The Morgan fingerprint density at radius 3 is 3.22 bits per heavy atom. The molecule has 1 amide bonds. The van der Waals surface area contributed by atoms with Crippen molar-refractivity contribution in [2.45, 2.75) is 26.3 Å². The smallest absolute Gasteiger partial charge is 0.229 e. The second-order valence-electron chi connectivity index (χ2n) is 4.65. The highest BCUT2D eigenvalue weighted by Crippen LogP contribution is 2.15. The molecule has 6 nitrogen and oxygen atoms in total. The normalized spacial score (nSPS) is 19.8. The van der Waals surface area contributed by atoms with Crippen LogP contribution in [0.2, 0.25) is 0 Å². The number of hydrogen-bond acceptors (Lipinski definition) is 4. The summed E-state index contributed by atoms with van der Waals surface area (Å²) in [6.07, 6.45) is 1.96. The van der Waals surface area contributed by atoms with Crippen molar-refractivity contribution in [3.8, 4) is 0 Å².